The van der Waals surface area contributed by atoms with Crippen LogP contribution in [0.5, 0.6) is 0 Å². The van der Waals surface area contributed by atoms with Gasteiger partial charge in [-0.3, -0.25) is 4.79 Å². The summed E-state index contributed by atoms with van der Waals surface area (Å²) in [4.78, 5) is 14.4. The Kier molecular flexibility index (Phi) is 5.22. The number of amides is 1. The fourth-order valence-electron chi connectivity index (χ4n) is 3.80. The summed E-state index contributed by atoms with van der Waals surface area (Å²) in [7, 11) is 3.64. The van der Waals surface area contributed by atoms with Crippen LogP contribution >= 0.6 is 0 Å². The number of halogens is 1. The number of carbonyl (C=O) groups excluding carboxylic acids is 1. The lowest BCUT2D eigenvalue weighted by atomic mass is 9.73. The highest BCUT2D eigenvalue weighted by Gasteiger charge is 2.46. The summed E-state index contributed by atoms with van der Waals surface area (Å²) >= 11 is 0. The molecule has 0 unspecified atom stereocenters. The van der Waals surface area contributed by atoms with Crippen molar-refractivity contribution in [2.45, 2.75) is 51.6 Å². The molecule has 1 aliphatic rings. The van der Waals surface area contributed by atoms with Crippen LogP contribution in [0.25, 0.3) is 0 Å². The Bertz CT molecular complexity index is 526. The Morgan fingerprint density at radius 2 is 2.00 bits per heavy atom. The number of benzene rings is 1. The zero-order valence-electron chi connectivity index (χ0n) is 14.0. The van der Waals surface area contributed by atoms with E-state index in [0.717, 1.165) is 31.2 Å². The predicted octanol–water partition coefficient (Wildman–Crippen LogP) is 3.51. The van der Waals surface area contributed by atoms with Crippen LogP contribution in [0.15, 0.2) is 24.3 Å². The van der Waals surface area contributed by atoms with E-state index < -0.39 is 0 Å². The molecule has 2 atom stereocenters. The van der Waals surface area contributed by atoms with E-state index in [1.54, 1.807) is 17.0 Å². The maximum Gasteiger partial charge on any atom is 0.229 e. The maximum absolute atomic E-state index is 13.4. The molecule has 0 bridgehead atoms. The van der Waals surface area contributed by atoms with Crippen molar-refractivity contribution >= 4 is 5.91 Å². The number of hydrogen-bond acceptors (Lipinski definition) is 2. The minimum absolute atomic E-state index is 0.133. The van der Waals surface area contributed by atoms with E-state index in [2.05, 4.69) is 19.2 Å². The largest absolute Gasteiger partial charge is 0.348 e. The van der Waals surface area contributed by atoms with E-state index in [4.69, 9.17) is 0 Å². The molecular formula is C18H27FN2O. The lowest BCUT2D eigenvalue weighted by Crippen LogP contribution is -2.51. The second kappa shape index (κ2) is 6.78. The molecule has 3 nitrogen and oxygen atoms in total. The van der Waals surface area contributed by atoms with Gasteiger partial charge < -0.3 is 10.2 Å². The number of carbonyl (C=O) groups is 1. The molecule has 1 aromatic rings. The van der Waals surface area contributed by atoms with Crippen LogP contribution in [0.1, 0.15) is 51.1 Å². The summed E-state index contributed by atoms with van der Waals surface area (Å²) in [5.41, 5.74) is 0.604. The monoisotopic (exact) mass is 306 g/mol. The summed E-state index contributed by atoms with van der Waals surface area (Å²) in [5.74, 6) is -0.0146. The molecule has 4 heteroatoms. The van der Waals surface area contributed by atoms with Gasteiger partial charge in [-0.15, -0.1) is 0 Å². The van der Waals surface area contributed by atoms with Crippen LogP contribution in [0.4, 0.5) is 4.39 Å². The number of nitrogens with zero attached hydrogens (tertiary/aromatic N) is 1. The van der Waals surface area contributed by atoms with Crippen LogP contribution in [-0.2, 0) is 4.79 Å². The van der Waals surface area contributed by atoms with E-state index in [1.807, 2.05) is 20.2 Å². The first-order valence-electron chi connectivity index (χ1n) is 8.18. The molecule has 122 valence electrons. The summed E-state index contributed by atoms with van der Waals surface area (Å²) in [6.45, 7) is 4.17. The van der Waals surface area contributed by atoms with Gasteiger partial charge >= 0.3 is 0 Å². The Balaban J connectivity index is 2.21. The van der Waals surface area contributed by atoms with Gasteiger partial charge in [0.25, 0.3) is 0 Å². The first-order chi connectivity index (χ1) is 10.4. The van der Waals surface area contributed by atoms with E-state index in [-0.39, 0.29) is 29.2 Å². The van der Waals surface area contributed by atoms with Crippen molar-refractivity contribution in [1.29, 1.82) is 0 Å². The van der Waals surface area contributed by atoms with Crippen LogP contribution in [0.2, 0.25) is 0 Å². The fourth-order valence-corrected chi connectivity index (χ4v) is 3.80. The number of nitrogens with one attached hydrogen (secondary N) is 1. The van der Waals surface area contributed by atoms with E-state index in [9.17, 15) is 9.18 Å². The zero-order valence-corrected chi connectivity index (χ0v) is 14.0. The second-order valence-electron chi connectivity index (χ2n) is 6.47. The van der Waals surface area contributed by atoms with Crippen LogP contribution in [0, 0.1) is 11.2 Å². The Labute approximate surface area is 132 Å². The first kappa shape index (κ1) is 16.9. The Morgan fingerprint density at radius 1 is 1.32 bits per heavy atom. The highest BCUT2D eigenvalue weighted by atomic mass is 19.1. The molecule has 1 saturated heterocycles. The maximum atomic E-state index is 13.4. The van der Waals surface area contributed by atoms with Gasteiger partial charge in [-0.1, -0.05) is 26.0 Å². The van der Waals surface area contributed by atoms with Crippen LogP contribution < -0.4 is 5.32 Å². The van der Waals surface area contributed by atoms with Gasteiger partial charge in [0, 0.05) is 26.2 Å². The lowest BCUT2D eigenvalue weighted by Gasteiger charge is -2.38. The predicted molar refractivity (Wildman–Crippen MR) is 87.0 cm³/mol. The van der Waals surface area contributed by atoms with Crippen molar-refractivity contribution in [1.82, 2.24) is 10.2 Å². The minimum atomic E-state index is -0.369. The summed E-state index contributed by atoms with van der Waals surface area (Å²) in [6, 6.07) is 7.04. The molecule has 0 aliphatic carbocycles. The third-order valence-electron chi connectivity index (χ3n) is 5.16. The minimum Gasteiger partial charge on any atom is -0.348 e. The molecule has 2 rings (SSSR count). The van der Waals surface area contributed by atoms with Gasteiger partial charge in [0.15, 0.2) is 0 Å². The van der Waals surface area contributed by atoms with Crippen molar-refractivity contribution in [3.8, 4) is 0 Å². The average Bonchev–Trinajstić information content (AvgIpc) is 2.99. The standard InChI is InChI=1S/C18H27FN2O/c1-5-18(6-2,17(22)21(3)4)16-11-10-15(20-16)13-8-7-9-14(19)12-13/h7-9,12,15-16,20H,5-6,10-11H2,1-4H3/t15-,16+/m0/s1. The number of rotatable bonds is 5. The van der Waals surface area contributed by atoms with Crippen molar-refractivity contribution in [2.75, 3.05) is 14.1 Å². The fraction of sp³-hybridized carbons (Fsp3) is 0.611. The van der Waals surface area contributed by atoms with Gasteiger partial charge in [0.2, 0.25) is 5.91 Å². The van der Waals surface area contributed by atoms with Crippen molar-refractivity contribution in [3.05, 3.63) is 35.6 Å². The lowest BCUT2D eigenvalue weighted by molar-refractivity contribution is -0.141. The summed E-state index contributed by atoms with van der Waals surface area (Å²) in [5, 5.41) is 3.60. The molecular weight excluding hydrogens is 279 g/mol. The molecule has 0 aromatic heterocycles. The highest BCUT2D eigenvalue weighted by Crippen LogP contribution is 2.41. The quantitative estimate of drug-likeness (QED) is 0.903. The molecule has 0 spiro atoms. The first-order valence-corrected chi connectivity index (χ1v) is 8.18. The topological polar surface area (TPSA) is 32.3 Å². The zero-order chi connectivity index (χ0) is 16.3. The van der Waals surface area contributed by atoms with Crippen molar-refractivity contribution < 1.29 is 9.18 Å². The Morgan fingerprint density at radius 3 is 2.55 bits per heavy atom. The molecule has 1 heterocycles. The van der Waals surface area contributed by atoms with Gasteiger partial charge in [-0.05, 0) is 43.4 Å². The van der Waals surface area contributed by atoms with Crippen molar-refractivity contribution in [2.24, 2.45) is 5.41 Å². The molecule has 22 heavy (non-hydrogen) atoms. The summed E-state index contributed by atoms with van der Waals surface area (Å²) < 4.78 is 13.4. The van der Waals surface area contributed by atoms with Crippen molar-refractivity contribution in [3.63, 3.8) is 0 Å². The number of hydrogen-bond donors (Lipinski definition) is 1. The average molecular weight is 306 g/mol. The van der Waals surface area contributed by atoms with E-state index >= 15 is 0 Å². The Hall–Kier alpha value is -1.42. The third-order valence-corrected chi connectivity index (χ3v) is 5.16. The van der Waals surface area contributed by atoms with Gasteiger partial charge in [0.1, 0.15) is 5.82 Å². The normalized spacial score (nSPS) is 21.9. The third kappa shape index (κ3) is 3.02. The van der Waals surface area contributed by atoms with E-state index in [1.165, 1.54) is 6.07 Å². The molecule has 1 N–H and O–H groups in total. The smallest absolute Gasteiger partial charge is 0.229 e. The van der Waals surface area contributed by atoms with Crippen LogP contribution in [-0.4, -0.2) is 30.9 Å². The van der Waals surface area contributed by atoms with Gasteiger partial charge in [-0.25, -0.2) is 4.39 Å². The van der Waals surface area contributed by atoms with E-state index in [0.29, 0.717) is 0 Å². The summed E-state index contributed by atoms with van der Waals surface area (Å²) in [6.07, 6.45) is 3.52. The van der Waals surface area contributed by atoms with Gasteiger partial charge in [0.05, 0.1) is 5.41 Å². The molecule has 1 amide bonds. The molecule has 1 aromatic carbocycles. The molecule has 1 fully saturated rings. The molecule has 0 radical (unpaired) electrons. The molecule has 1 aliphatic heterocycles. The van der Waals surface area contributed by atoms with Gasteiger partial charge in [-0.2, -0.15) is 0 Å². The van der Waals surface area contributed by atoms with Crippen LogP contribution in [0.3, 0.4) is 0 Å². The second-order valence-corrected chi connectivity index (χ2v) is 6.47. The SMILES string of the molecule is CCC(CC)(C(=O)N(C)C)[C@H]1CC[C@@H](c2cccc(F)c2)N1. The highest BCUT2D eigenvalue weighted by molar-refractivity contribution is 5.83. The molecule has 0 saturated carbocycles.